The third-order valence-electron chi connectivity index (χ3n) is 15.3. The first-order chi connectivity index (χ1) is 33.6. The van der Waals surface area contributed by atoms with Crippen molar-refractivity contribution in [3.63, 3.8) is 0 Å². The number of halogens is 4. The first-order valence-electron chi connectivity index (χ1n) is 24.5. The number of ether oxygens (including phenoxy) is 1. The number of alkyl halides is 3. The number of aliphatic hydroxyl groups is 1. The Bertz CT molecular complexity index is 2830. The molecule has 2 aromatic carbocycles. The molecule has 1 unspecified atom stereocenters. The van der Waals surface area contributed by atoms with E-state index in [9.17, 15) is 41.1 Å². The first kappa shape index (κ1) is 50.6. The number of nitrogens with zero attached hydrogens (tertiary/aromatic N) is 5. The van der Waals surface area contributed by atoms with Crippen LogP contribution in [0.15, 0.2) is 78.1 Å². The molecular weight excluding hydrogens is 943 g/mol. The number of hydrogen-bond donors (Lipinski definition) is 5. The molecule has 2 aliphatic carbocycles. The topological polar surface area (TPSA) is 184 Å². The zero-order valence-electron chi connectivity index (χ0n) is 40.5. The second-order valence-corrected chi connectivity index (χ2v) is 22.5. The number of carbonyl (C=O) groups excluding carboxylic acids is 1. The molecule has 2 atom stereocenters. The van der Waals surface area contributed by atoms with Gasteiger partial charge in [0.15, 0.2) is 11.5 Å². The van der Waals surface area contributed by atoms with Crippen LogP contribution in [0.2, 0.25) is 0 Å². The van der Waals surface area contributed by atoms with E-state index in [0.29, 0.717) is 52.1 Å². The van der Waals surface area contributed by atoms with Gasteiger partial charge in [0.1, 0.15) is 27.9 Å². The standard InChI is InChI=1S/C51H63F4N9O6S/c1-32(2)38-7-5-6-8-39(38)44-30-62(31-51(53,54)55)19-20-64(44)35-24-50(25-35)15-17-63(18-16-50)34-9-10-40(45(21-34)70-36-22-41-42(52)29-59-46(41)57-27-36)48(65)60-71(68,69)37-23-43(61(4)67)47(58-28-37)56-26-33-11-13-49(3,66)14-12-33/h5-10,21-23,27-29,32-33,35,44,61,66H,11-20,24-26,30-31H2,1-4H3,(H,56,58)(H,57,59)(H,60,65)/t33-,44-,49-/m0/s1. The number of fused-ring (bicyclic) bond motifs is 1. The number of piperidine rings is 1. The van der Waals surface area contributed by atoms with E-state index in [4.69, 9.17) is 4.74 Å². The summed E-state index contributed by atoms with van der Waals surface area (Å²) in [4.78, 5) is 31.1. The number of sulfonamides is 1. The Morgan fingerprint density at radius 2 is 1.75 bits per heavy atom. The molecule has 0 bridgehead atoms. The number of aromatic nitrogens is 3. The lowest BCUT2D eigenvalue weighted by atomic mass is 9.59. The van der Waals surface area contributed by atoms with E-state index in [-0.39, 0.29) is 68.9 Å². The van der Waals surface area contributed by atoms with Crippen LogP contribution < -0.4 is 24.7 Å². The van der Waals surface area contributed by atoms with Crippen molar-refractivity contribution in [3.8, 4) is 11.5 Å². The number of anilines is 2. The molecular formula is C51H63F4N9O6S. The number of nitrogens with one attached hydrogen (secondary N) is 4. The van der Waals surface area contributed by atoms with Gasteiger partial charge in [-0.1, -0.05) is 38.1 Å². The van der Waals surface area contributed by atoms with E-state index in [1.54, 1.807) is 12.1 Å². The number of rotatable bonds is 14. The summed E-state index contributed by atoms with van der Waals surface area (Å²) in [5.41, 5.74) is 2.52. The molecule has 4 fully saturated rings. The molecule has 382 valence electrons. The number of piperazine rings is 1. The van der Waals surface area contributed by atoms with Crippen molar-refractivity contribution in [2.45, 2.75) is 107 Å². The number of quaternary nitrogens is 1. The highest BCUT2D eigenvalue weighted by atomic mass is 32.2. The van der Waals surface area contributed by atoms with Crippen molar-refractivity contribution < 1.29 is 45.7 Å². The molecule has 1 amide bonds. The van der Waals surface area contributed by atoms with Gasteiger partial charge in [0.05, 0.1) is 42.5 Å². The van der Waals surface area contributed by atoms with Gasteiger partial charge in [0.2, 0.25) is 0 Å². The van der Waals surface area contributed by atoms with Gasteiger partial charge in [-0.05, 0) is 105 Å². The Labute approximate surface area is 411 Å². The Kier molecular flexibility index (Phi) is 14.2. The Morgan fingerprint density at radius 3 is 2.45 bits per heavy atom. The summed E-state index contributed by atoms with van der Waals surface area (Å²) >= 11 is 0. The number of pyridine rings is 2. The summed E-state index contributed by atoms with van der Waals surface area (Å²) in [5.74, 6) is -0.797. The second kappa shape index (κ2) is 19.9. The number of hydroxylamine groups is 1. The van der Waals surface area contributed by atoms with Crippen molar-refractivity contribution in [1.29, 1.82) is 0 Å². The van der Waals surface area contributed by atoms with Crippen LogP contribution in [0.4, 0.5) is 34.8 Å². The third-order valence-corrected chi connectivity index (χ3v) is 16.6. The highest BCUT2D eigenvalue weighted by molar-refractivity contribution is 7.90. The van der Waals surface area contributed by atoms with E-state index >= 15 is 0 Å². The number of H-pyrrole nitrogens is 1. The van der Waals surface area contributed by atoms with Gasteiger partial charge in [-0.2, -0.15) is 13.2 Å². The molecule has 5 heterocycles. The molecule has 2 saturated carbocycles. The fourth-order valence-electron chi connectivity index (χ4n) is 11.2. The van der Waals surface area contributed by atoms with Gasteiger partial charge in [-0.25, -0.2) is 27.5 Å². The largest absolute Gasteiger partial charge is 0.629 e. The number of aromatic amines is 1. The molecule has 5 aromatic rings. The second-order valence-electron chi connectivity index (χ2n) is 20.8. The number of carbonyl (C=O) groups is 1. The summed E-state index contributed by atoms with van der Waals surface area (Å²) in [6.07, 6.45) is 5.79. The van der Waals surface area contributed by atoms with Crippen molar-refractivity contribution in [1.82, 2.24) is 29.5 Å². The smallest absolute Gasteiger partial charge is 0.401 e. The van der Waals surface area contributed by atoms with Crippen LogP contribution in [0.5, 0.6) is 11.5 Å². The molecule has 2 aliphatic heterocycles. The predicted octanol–water partition coefficient (Wildman–Crippen LogP) is 7.80. The number of benzene rings is 2. The summed E-state index contributed by atoms with van der Waals surface area (Å²) in [7, 11) is -3.29. The van der Waals surface area contributed by atoms with E-state index in [2.05, 4.69) is 60.8 Å². The maximum absolute atomic E-state index is 14.7. The van der Waals surface area contributed by atoms with E-state index in [1.807, 2.05) is 19.1 Å². The lowest BCUT2D eigenvalue weighted by Gasteiger charge is -2.58. The van der Waals surface area contributed by atoms with Crippen LogP contribution in [-0.2, 0) is 10.0 Å². The molecule has 1 spiro atoms. The third kappa shape index (κ3) is 11.3. The lowest BCUT2D eigenvalue weighted by molar-refractivity contribution is -0.751. The molecule has 20 heteroatoms. The fourth-order valence-corrected chi connectivity index (χ4v) is 12.2. The van der Waals surface area contributed by atoms with Gasteiger partial charge in [0, 0.05) is 75.4 Å². The Hall–Kier alpha value is -5.38. The highest BCUT2D eigenvalue weighted by Gasteiger charge is 2.50. The van der Waals surface area contributed by atoms with Crippen LogP contribution in [0, 0.1) is 22.4 Å². The van der Waals surface area contributed by atoms with Crippen molar-refractivity contribution in [3.05, 3.63) is 101 Å². The Morgan fingerprint density at radius 1 is 1.01 bits per heavy atom. The average Bonchev–Trinajstić information content (AvgIpc) is 3.68. The first-order valence-corrected chi connectivity index (χ1v) is 26.0. The summed E-state index contributed by atoms with van der Waals surface area (Å²) < 4.78 is 91.6. The van der Waals surface area contributed by atoms with Crippen LogP contribution in [0.1, 0.15) is 106 Å². The van der Waals surface area contributed by atoms with Crippen LogP contribution in [-0.4, -0.2) is 115 Å². The van der Waals surface area contributed by atoms with Gasteiger partial charge in [-0.3, -0.25) is 14.6 Å². The average molecular weight is 1010 g/mol. The summed E-state index contributed by atoms with van der Waals surface area (Å²) in [5, 5.41) is 26.0. The maximum atomic E-state index is 14.7. The number of hydrogen-bond acceptors (Lipinski definition) is 12. The summed E-state index contributed by atoms with van der Waals surface area (Å²) in [6.45, 7) is 8.16. The van der Waals surface area contributed by atoms with Crippen LogP contribution in [0.25, 0.3) is 11.0 Å². The minimum atomic E-state index is -4.59. The zero-order valence-corrected chi connectivity index (χ0v) is 41.3. The monoisotopic (exact) mass is 1010 g/mol. The SMILES string of the molecule is CC(C)c1ccccc1[C@@H]1CN(CC(F)(F)F)CCN1C1CC2(CCN(c3ccc(C(=O)NS(=O)(=O)c4cnc(NC[C@H]5CC[C@](C)(O)CC5)c([NH+](C)[O-])c4)c(Oc4cnc5[nH]cc(F)c5c4)c3)CC2)C1. The normalized spacial score (nSPS) is 22.9. The molecule has 4 aliphatic rings. The molecule has 3 aromatic heterocycles. The minimum Gasteiger partial charge on any atom is -0.629 e. The number of amides is 1. The fraction of sp³-hybridized carbons (Fsp3) is 0.510. The molecule has 9 rings (SSSR count). The van der Waals surface area contributed by atoms with Crippen molar-refractivity contribution in [2.75, 3.05) is 63.1 Å². The van der Waals surface area contributed by atoms with E-state index in [1.165, 1.54) is 42.5 Å². The van der Waals surface area contributed by atoms with Gasteiger partial charge >= 0.3 is 6.18 Å². The summed E-state index contributed by atoms with van der Waals surface area (Å²) in [6, 6.07) is 15.7. The zero-order chi connectivity index (χ0) is 50.5. The predicted molar refractivity (Wildman–Crippen MR) is 262 cm³/mol. The van der Waals surface area contributed by atoms with E-state index < -0.39 is 50.0 Å². The van der Waals surface area contributed by atoms with Gasteiger partial charge in [0.25, 0.3) is 15.9 Å². The molecule has 15 nitrogen and oxygen atoms in total. The molecule has 5 N–H and O–H groups in total. The highest BCUT2D eigenvalue weighted by Crippen LogP contribution is 2.53. The van der Waals surface area contributed by atoms with E-state index in [0.717, 1.165) is 61.5 Å². The minimum absolute atomic E-state index is 0.00000188. The van der Waals surface area contributed by atoms with Crippen molar-refractivity contribution in [2.24, 2.45) is 11.3 Å². The maximum Gasteiger partial charge on any atom is 0.401 e. The molecule has 0 radical (unpaired) electrons. The van der Waals surface area contributed by atoms with Crippen LogP contribution in [0.3, 0.4) is 0 Å². The molecule has 71 heavy (non-hydrogen) atoms. The molecule has 2 saturated heterocycles. The quantitative estimate of drug-likeness (QED) is 0.0539. The van der Waals surface area contributed by atoms with Gasteiger partial charge < -0.3 is 35.3 Å². The van der Waals surface area contributed by atoms with Crippen LogP contribution >= 0.6 is 0 Å². The lowest BCUT2D eigenvalue weighted by Crippen LogP contribution is -2.98. The van der Waals surface area contributed by atoms with Crippen molar-refractivity contribution >= 4 is 44.2 Å². The Balaban J connectivity index is 0.905. The van der Waals surface area contributed by atoms with Gasteiger partial charge in [-0.15, -0.1) is 0 Å².